The SMILES string of the molecule is CC(C)(C)C(=O)N1CCN(C(=O)Nc2ccncc2F)CC1. The highest BCUT2D eigenvalue weighted by Gasteiger charge is 2.30. The molecule has 0 bridgehead atoms. The molecular weight excluding hydrogens is 287 g/mol. The maximum absolute atomic E-state index is 13.5. The number of aromatic nitrogens is 1. The summed E-state index contributed by atoms with van der Waals surface area (Å²) in [6.45, 7) is 7.47. The quantitative estimate of drug-likeness (QED) is 0.862. The van der Waals surface area contributed by atoms with Gasteiger partial charge < -0.3 is 15.1 Å². The highest BCUT2D eigenvalue weighted by Crippen LogP contribution is 2.19. The van der Waals surface area contributed by atoms with Gasteiger partial charge in [0.25, 0.3) is 0 Å². The van der Waals surface area contributed by atoms with Gasteiger partial charge in [-0.05, 0) is 6.07 Å². The van der Waals surface area contributed by atoms with Gasteiger partial charge in [-0.15, -0.1) is 0 Å². The average Bonchev–Trinajstić information content (AvgIpc) is 2.48. The Labute approximate surface area is 129 Å². The van der Waals surface area contributed by atoms with Crippen LogP contribution >= 0.6 is 0 Å². The van der Waals surface area contributed by atoms with Crippen LogP contribution in [0.1, 0.15) is 20.8 Å². The monoisotopic (exact) mass is 308 g/mol. The maximum atomic E-state index is 13.5. The predicted molar refractivity (Wildman–Crippen MR) is 80.8 cm³/mol. The number of halogens is 1. The lowest BCUT2D eigenvalue weighted by molar-refractivity contribution is -0.140. The summed E-state index contributed by atoms with van der Waals surface area (Å²) < 4.78 is 13.5. The van der Waals surface area contributed by atoms with E-state index in [4.69, 9.17) is 0 Å². The van der Waals surface area contributed by atoms with E-state index >= 15 is 0 Å². The first-order valence-electron chi connectivity index (χ1n) is 7.24. The standard InChI is InChI=1S/C15H21FN4O2/c1-15(2,3)13(21)19-6-8-20(9-7-19)14(22)18-12-4-5-17-10-11(12)16/h4-5,10H,6-9H2,1-3H3,(H,17,18,22). The van der Waals surface area contributed by atoms with Crippen molar-refractivity contribution in [1.29, 1.82) is 0 Å². The van der Waals surface area contributed by atoms with E-state index < -0.39 is 11.2 Å². The molecule has 1 N–H and O–H groups in total. The molecule has 1 aliphatic heterocycles. The summed E-state index contributed by atoms with van der Waals surface area (Å²) in [5.74, 6) is -0.495. The summed E-state index contributed by atoms with van der Waals surface area (Å²) in [4.78, 5) is 31.3. The molecule has 1 aliphatic rings. The number of hydrogen-bond acceptors (Lipinski definition) is 3. The van der Waals surface area contributed by atoms with Gasteiger partial charge in [-0.1, -0.05) is 20.8 Å². The van der Waals surface area contributed by atoms with Crippen LogP contribution in [0.3, 0.4) is 0 Å². The number of rotatable bonds is 1. The molecule has 0 radical (unpaired) electrons. The number of carbonyl (C=O) groups excluding carboxylic acids is 2. The molecule has 0 aliphatic carbocycles. The molecular formula is C15H21FN4O2. The minimum absolute atomic E-state index is 0.0766. The fourth-order valence-electron chi connectivity index (χ4n) is 2.26. The topological polar surface area (TPSA) is 65.5 Å². The molecule has 1 fully saturated rings. The van der Waals surface area contributed by atoms with Crippen molar-refractivity contribution in [2.45, 2.75) is 20.8 Å². The van der Waals surface area contributed by atoms with Gasteiger partial charge in [0, 0.05) is 37.8 Å². The van der Waals surface area contributed by atoms with Crippen molar-refractivity contribution in [3.63, 3.8) is 0 Å². The fourth-order valence-corrected chi connectivity index (χ4v) is 2.26. The third-order valence-corrected chi connectivity index (χ3v) is 3.51. The zero-order chi connectivity index (χ0) is 16.3. The van der Waals surface area contributed by atoms with Gasteiger partial charge in [0.1, 0.15) is 0 Å². The number of pyridine rings is 1. The largest absolute Gasteiger partial charge is 0.339 e. The van der Waals surface area contributed by atoms with Gasteiger partial charge in [0.05, 0.1) is 11.9 Å². The van der Waals surface area contributed by atoms with Crippen LogP contribution in [-0.2, 0) is 4.79 Å². The Balaban J connectivity index is 1.90. The second-order valence-electron chi connectivity index (χ2n) is 6.31. The third kappa shape index (κ3) is 3.72. The summed E-state index contributed by atoms with van der Waals surface area (Å²) in [7, 11) is 0. The molecule has 3 amide bonds. The second kappa shape index (κ2) is 6.29. The number of nitrogens with zero attached hydrogens (tertiary/aromatic N) is 3. The van der Waals surface area contributed by atoms with Crippen LogP contribution in [0.5, 0.6) is 0 Å². The van der Waals surface area contributed by atoms with Crippen LogP contribution in [0.4, 0.5) is 14.9 Å². The molecule has 0 saturated carbocycles. The Morgan fingerprint density at radius 3 is 2.32 bits per heavy atom. The molecule has 1 aromatic rings. The van der Waals surface area contributed by atoms with Crippen molar-refractivity contribution in [3.8, 4) is 0 Å². The Hall–Kier alpha value is -2.18. The smallest absolute Gasteiger partial charge is 0.322 e. The van der Waals surface area contributed by atoms with Crippen LogP contribution < -0.4 is 5.32 Å². The summed E-state index contributed by atoms with van der Waals surface area (Å²) >= 11 is 0. The molecule has 120 valence electrons. The van der Waals surface area contributed by atoms with Gasteiger partial charge in [-0.2, -0.15) is 0 Å². The van der Waals surface area contributed by atoms with E-state index in [9.17, 15) is 14.0 Å². The van der Waals surface area contributed by atoms with Crippen molar-refractivity contribution in [2.24, 2.45) is 5.41 Å². The number of carbonyl (C=O) groups is 2. The lowest BCUT2D eigenvalue weighted by Gasteiger charge is -2.37. The van der Waals surface area contributed by atoms with Crippen LogP contribution in [0.25, 0.3) is 0 Å². The van der Waals surface area contributed by atoms with Crippen molar-refractivity contribution in [2.75, 3.05) is 31.5 Å². The van der Waals surface area contributed by atoms with E-state index in [-0.39, 0.29) is 17.6 Å². The van der Waals surface area contributed by atoms with E-state index in [2.05, 4.69) is 10.3 Å². The molecule has 7 heteroatoms. The summed E-state index contributed by atoms with van der Waals surface area (Å²) in [5, 5.41) is 2.52. The number of nitrogens with one attached hydrogen (secondary N) is 1. The molecule has 0 unspecified atom stereocenters. The number of hydrogen-bond donors (Lipinski definition) is 1. The van der Waals surface area contributed by atoms with E-state index in [0.29, 0.717) is 26.2 Å². The summed E-state index contributed by atoms with van der Waals surface area (Å²) in [6.07, 6.45) is 2.47. The Morgan fingerprint density at radius 1 is 1.18 bits per heavy atom. The summed E-state index contributed by atoms with van der Waals surface area (Å²) in [6, 6.07) is 1.04. The van der Waals surface area contributed by atoms with Crippen LogP contribution in [-0.4, -0.2) is 52.9 Å². The fraction of sp³-hybridized carbons (Fsp3) is 0.533. The zero-order valence-corrected chi connectivity index (χ0v) is 13.1. The van der Waals surface area contributed by atoms with Gasteiger partial charge in [-0.25, -0.2) is 9.18 Å². The number of amides is 3. The summed E-state index contributed by atoms with van der Waals surface area (Å²) in [5.41, 5.74) is -0.321. The lowest BCUT2D eigenvalue weighted by Crippen LogP contribution is -2.53. The molecule has 2 rings (SSSR count). The highest BCUT2D eigenvalue weighted by molar-refractivity contribution is 5.89. The lowest BCUT2D eigenvalue weighted by atomic mass is 9.94. The number of piperazine rings is 1. The third-order valence-electron chi connectivity index (χ3n) is 3.51. The van der Waals surface area contributed by atoms with Crippen molar-refractivity contribution in [3.05, 3.63) is 24.3 Å². The molecule has 0 atom stereocenters. The molecule has 1 aromatic heterocycles. The van der Waals surface area contributed by atoms with Crippen molar-refractivity contribution in [1.82, 2.24) is 14.8 Å². The van der Waals surface area contributed by atoms with Gasteiger partial charge in [0.15, 0.2) is 5.82 Å². The van der Waals surface area contributed by atoms with Crippen molar-refractivity contribution >= 4 is 17.6 Å². The molecule has 2 heterocycles. The number of urea groups is 1. The van der Waals surface area contributed by atoms with Crippen LogP contribution in [0.2, 0.25) is 0 Å². The van der Waals surface area contributed by atoms with Gasteiger partial charge in [0.2, 0.25) is 5.91 Å². The normalized spacial score (nSPS) is 15.6. The van der Waals surface area contributed by atoms with E-state index in [1.54, 1.807) is 9.80 Å². The van der Waals surface area contributed by atoms with Gasteiger partial charge in [-0.3, -0.25) is 9.78 Å². The Morgan fingerprint density at radius 2 is 1.77 bits per heavy atom. The van der Waals surface area contributed by atoms with Crippen molar-refractivity contribution < 1.29 is 14.0 Å². The van der Waals surface area contributed by atoms with E-state index in [0.717, 1.165) is 6.20 Å². The van der Waals surface area contributed by atoms with E-state index in [1.165, 1.54) is 12.3 Å². The first kappa shape index (κ1) is 16.2. The zero-order valence-electron chi connectivity index (χ0n) is 13.1. The first-order valence-corrected chi connectivity index (χ1v) is 7.24. The van der Waals surface area contributed by atoms with Gasteiger partial charge >= 0.3 is 6.03 Å². The molecule has 6 nitrogen and oxygen atoms in total. The molecule has 1 saturated heterocycles. The minimum Gasteiger partial charge on any atom is -0.339 e. The van der Waals surface area contributed by atoms with Crippen LogP contribution in [0, 0.1) is 11.2 Å². The van der Waals surface area contributed by atoms with E-state index in [1.807, 2.05) is 20.8 Å². The second-order valence-corrected chi connectivity index (χ2v) is 6.31. The highest BCUT2D eigenvalue weighted by atomic mass is 19.1. The predicted octanol–water partition coefficient (Wildman–Crippen LogP) is 1.94. The van der Waals surface area contributed by atoms with Crippen LogP contribution in [0.15, 0.2) is 18.5 Å². The molecule has 0 aromatic carbocycles. The molecule has 0 spiro atoms. The number of anilines is 1. The average molecular weight is 308 g/mol. The Bertz CT molecular complexity index is 563. The molecule has 22 heavy (non-hydrogen) atoms. The maximum Gasteiger partial charge on any atom is 0.322 e. The Kier molecular flexibility index (Phi) is 4.63. The minimum atomic E-state index is -0.572. The first-order chi connectivity index (χ1) is 10.3.